The lowest BCUT2D eigenvalue weighted by Crippen LogP contribution is -2.29. The van der Waals surface area contributed by atoms with Crippen LogP contribution in [0.25, 0.3) is 0 Å². The third-order valence-corrected chi connectivity index (χ3v) is 4.93. The molecule has 0 unspecified atom stereocenters. The van der Waals surface area contributed by atoms with Crippen LogP contribution in [0.2, 0.25) is 0 Å². The Kier molecular flexibility index (Phi) is 5.16. The Morgan fingerprint density at radius 1 is 1.07 bits per heavy atom. The molecule has 0 radical (unpaired) electrons. The third-order valence-electron chi connectivity index (χ3n) is 4.93. The van der Waals surface area contributed by atoms with Gasteiger partial charge in [-0.15, -0.1) is 0 Å². The van der Waals surface area contributed by atoms with Crippen LogP contribution in [-0.2, 0) is 11.3 Å². The van der Waals surface area contributed by atoms with Gasteiger partial charge in [-0.2, -0.15) is 0 Å². The molecule has 142 valence electrons. The van der Waals surface area contributed by atoms with Crippen molar-refractivity contribution in [2.24, 2.45) is 0 Å². The maximum Gasteiger partial charge on any atom is 0.238 e. The highest BCUT2D eigenvalue weighted by molar-refractivity contribution is 5.92. The minimum atomic E-state index is -0.0211. The van der Waals surface area contributed by atoms with Crippen LogP contribution in [-0.4, -0.2) is 44.3 Å². The van der Waals surface area contributed by atoms with Crippen molar-refractivity contribution in [2.45, 2.75) is 19.4 Å². The van der Waals surface area contributed by atoms with Gasteiger partial charge in [-0.05, 0) is 61.9 Å². The molecular formula is C21H25N3O3. The molecule has 0 spiro atoms. The Balaban J connectivity index is 1.28. The van der Waals surface area contributed by atoms with Gasteiger partial charge in [0.25, 0.3) is 0 Å². The smallest absolute Gasteiger partial charge is 0.238 e. The number of rotatable bonds is 6. The minimum Gasteiger partial charge on any atom is -0.454 e. The van der Waals surface area contributed by atoms with Crippen LogP contribution >= 0.6 is 0 Å². The van der Waals surface area contributed by atoms with Gasteiger partial charge in [0.1, 0.15) is 0 Å². The van der Waals surface area contributed by atoms with Crippen LogP contribution in [0.1, 0.15) is 18.4 Å². The molecule has 1 N–H and O–H groups in total. The summed E-state index contributed by atoms with van der Waals surface area (Å²) in [7, 11) is 1.93. The first-order chi connectivity index (χ1) is 13.2. The number of likely N-dealkylation sites (N-methyl/N-ethyl adjacent to an activating group) is 1. The summed E-state index contributed by atoms with van der Waals surface area (Å²) in [6, 6.07) is 14.0. The summed E-state index contributed by atoms with van der Waals surface area (Å²) in [4.78, 5) is 16.7. The van der Waals surface area contributed by atoms with Crippen LogP contribution < -0.4 is 19.7 Å². The molecule has 2 heterocycles. The fraction of sp³-hybridized carbons (Fsp3) is 0.381. The summed E-state index contributed by atoms with van der Waals surface area (Å²) in [6.07, 6.45) is 2.52. The van der Waals surface area contributed by atoms with E-state index in [1.165, 1.54) is 18.5 Å². The summed E-state index contributed by atoms with van der Waals surface area (Å²) in [5, 5.41) is 2.97. The molecule has 0 bridgehead atoms. The zero-order chi connectivity index (χ0) is 18.6. The summed E-state index contributed by atoms with van der Waals surface area (Å²) in [5.74, 6) is 1.52. The second kappa shape index (κ2) is 7.88. The maximum atomic E-state index is 12.3. The Morgan fingerprint density at radius 2 is 1.81 bits per heavy atom. The number of hydrogen-bond acceptors (Lipinski definition) is 5. The van der Waals surface area contributed by atoms with Gasteiger partial charge in [0.05, 0.1) is 6.54 Å². The average Bonchev–Trinajstić information content (AvgIpc) is 3.33. The molecule has 2 aliphatic rings. The zero-order valence-electron chi connectivity index (χ0n) is 15.6. The van der Waals surface area contributed by atoms with Crippen molar-refractivity contribution in [2.75, 3.05) is 43.7 Å². The van der Waals surface area contributed by atoms with Gasteiger partial charge >= 0.3 is 0 Å². The molecule has 0 aromatic heterocycles. The number of hydrogen-bond donors (Lipinski definition) is 1. The molecule has 1 saturated heterocycles. The normalized spacial score (nSPS) is 15.4. The van der Waals surface area contributed by atoms with Crippen LogP contribution in [0.4, 0.5) is 11.4 Å². The fourth-order valence-corrected chi connectivity index (χ4v) is 3.58. The number of ether oxygens (including phenoxy) is 2. The summed E-state index contributed by atoms with van der Waals surface area (Å²) < 4.78 is 10.7. The first kappa shape index (κ1) is 17.7. The van der Waals surface area contributed by atoms with Gasteiger partial charge in [-0.1, -0.05) is 6.07 Å². The average molecular weight is 367 g/mol. The molecule has 6 heteroatoms. The quantitative estimate of drug-likeness (QED) is 0.850. The lowest BCUT2D eigenvalue weighted by molar-refractivity contribution is -0.117. The topological polar surface area (TPSA) is 54.0 Å². The van der Waals surface area contributed by atoms with Crippen LogP contribution in [0, 0.1) is 0 Å². The highest BCUT2D eigenvalue weighted by Crippen LogP contribution is 2.32. The first-order valence-corrected chi connectivity index (χ1v) is 9.39. The number of nitrogens with one attached hydrogen (secondary N) is 1. The number of carbonyl (C=O) groups is 1. The molecular weight excluding hydrogens is 342 g/mol. The third kappa shape index (κ3) is 4.34. The fourth-order valence-electron chi connectivity index (χ4n) is 3.58. The van der Waals surface area contributed by atoms with Crippen molar-refractivity contribution >= 4 is 17.3 Å². The molecule has 0 aliphatic carbocycles. The molecule has 1 fully saturated rings. The van der Waals surface area contributed by atoms with E-state index in [4.69, 9.17) is 9.47 Å². The van der Waals surface area contributed by atoms with Crippen LogP contribution in [0.3, 0.4) is 0 Å². The zero-order valence-corrected chi connectivity index (χ0v) is 15.6. The van der Waals surface area contributed by atoms with Crippen LogP contribution in [0.5, 0.6) is 11.5 Å². The van der Waals surface area contributed by atoms with E-state index in [2.05, 4.69) is 22.3 Å². The number of nitrogens with zero attached hydrogens (tertiary/aromatic N) is 2. The van der Waals surface area contributed by atoms with Crippen molar-refractivity contribution in [1.82, 2.24) is 4.90 Å². The first-order valence-electron chi connectivity index (χ1n) is 9.39. The van der Waals surface area contributed by atoms with Crippen molar-refractivity contribution in [3.63, 3.8) is 0 Å². The highest BCUT2D eigenvalue weighted by atomic mass is 16.7. The second-order valence-electron chi connectivity index (χ2n) is 7.15. The Bertz CT molecular complexity index is 801. The molecule has 2 aliphatic heterocycles. The van der Waals surface area contributed by atoms with Crippen molar-refractivity contribution < 1.29 is 14.3 Å². The van der Waals surface area contributed by atoms with E-state index in [1.54, 1.807) is 0 Å². The molecule has 27 heavy (non-hydrogen) atoms. The predicted molar refractivity (Wildman–Crippen MR) is 105 cm³/mol. The van der Waals surface area contributed by atoms with Gasteiger partial charge < -0.3 is 19.7 Å². The molecule has 6 nitrogen and oxygen atoms in total. The second-order valence-corrected chi connectivity index (χ2v) is 7.15. The SMILES string of the molecule is CN(CC(=O)Nc1ccc(N2CCCC2)cc1)Cc1ccc2c(c1)OCO2. The van der Waals surface area contributed by atoms with E-state index in [9.17, 15) is 4.79 Å². The largest absolute Gasteiger partial charge is 0.454 e. The lowest BCUT2D eigenvalue weighted by atomic mass is 10.2. The minimum absolute atomic E-state index is 0.0211. The van der Waals surface area contributed by atoms with Gasteiger partial charge in [0.15, 0.2) is 11.5 Å². The van der Waals surface area contributed by atoms with Gasteiger partial charge in [-0.25, -0.2) is 0 Å². The van der Waals surface area contributed by atoms with Crippen LogP contribution in [0.15, 0.2) is 42.5 Å². The summed E-state index contributed by atoms with van der Waals surface area (Å²) >= 11 is 0. The van der Waals surface area contributed by atoms with Crippen molar-refractivity contribution in [1.29, 1.82) is 0 Å². The Hall–Kier alpha value is -2.73. The molecule has 0 saturated carbocycles. The molecule has 2 aromatic carbocycles. The lowest BCUT2D eigenvalue weighted by Gasteiger charge is -2.19. The van der Waals surface area contributed by atoms with Crippen molar-refractivity contribution in [3.8, 4) is 11.5 Å². The van der Waals surface area contributed by atoms with Gasteiger partial charge in [-0.3, -0.25) is 9.69 Å². The Labute approximate surface area is 159 Å². The van der Waals surface area contributed by atoms with Crippen molar-refractivity contribution in [3.05, 3.63) is 48.0 Å². The predicted octanol–water partition coefficient (Wildman–Crippen LogP) is 3.09. The highest BCUT2D eigenvalue weighted by Gasteiger charge is 2.15. The molecule has 4 rings (SSSR count). The molecule has 2 aromatic rings. The maximum absolute atomic E-state index is 12.3. The van der Waals surface area contributed by atoms with E-state index >= 15 is 0 Å². The number of anilines is 2. The Morgan fingerprint density at radius 3 is 2.59 bits per heavy atom. The van der Waals surface area contributed by atoms with Gasteiger partial charge in [0, 0.05) is 31.0 Å². The van der Waals surface area contributed by atoms with Gasteiger partial charge in [0.2, 0.25) is 12.7 Å². The van der Waals surface area contributed by atoms with E-state index in [0.717, 1.165) is 35.8 Å². The molecule has 0 atom stereocenters. The summed E-state index contributed by atoms with van der Waals surface area (Å²) in [6.45, 7) is 3.50. The van der Waals surface area contributed by atoms with E-state index in [1.807, 2.05) is 42.3 Å². The molecule has 1 amide bonds. The summed E-state index contributed by atoms with van der Waals surface area (Å²) in [5.41, 5.74) is 3.15. The van der Waals surface area contributed by atoms with E-state index in [0.29, 0.717) is 13.1 Å². The monoisotopic (exact) mass is 367 g/mol. The number of benzene rings is 2. The number of carbonyl (C=O) groups excluding carboxylic acids is 1. The van der Waals surface area contributed by atoms with E-state index < -0.39 is 0 Å². The standard InChI is InChI=1S/C21H25N3O3/c1-23(13-16-4-9-19-20(12-16)27-15-26-19)14-21(25)22-17-5-7-18(8-6-17)24-10-2-3-11-24/h4-9,12H,2-3,10-11,13-15H2,1H3,(H,22,25). The van der Waals surface area contributed by atoms with E-state index in [-0.39, 0.29) is 12.7 Å². The number of amides is 1. The number of fused-ring (bicyclic) bond motifs is 1.